The smallest absolute Gasteiger partial charge is 0.431 e. The van der Waals surface area contributed by atoms with Gasteiger partial charge in [-0.05, 0) is 17.2 Å². The summed E-state index contributed by atoms with van der Waals surface area (Å²) < 4.78 is 4.78. The van der Waals surface area contributed by atoms with Crippen LogP contribution < -0.4 is 5.48 Å². The molecule has 86 valence electrons. The Labute approximate surface area is 97.2 Å². The van der Waals surface area contributed by atoms with Crippen molar-refractivity contribution in [3.8, 4) is 0 Å². The second-order valence-electron chi connectivity index (χ2n) is 2.81. The van der Waals surface area contributed by atoms with Crippen LogP contribution in [0.15, 0.2) is 30.3 Å². The molecule has 0 radical (unpaired) electrons. The molecule has 0 atom stereocenters. The maximum Gasteiger partial charge on any atom is 0.431 e. The molecule has 0 saturated heterocycles. The lowest BCUT2D eigenvalue weighted by Gasteiger charge is -2.05. The van der Waals surface area contributed by atoms with Crippen LogP contribution in [0.5, 0.6) is 0 Å². The fraction of sp³-hybridized carbons (Fsp3) is 0.200. The number of nitrogens with one attached hydrogen (secondary N) is 1. The van der Waals surface area contributed by atoms with Gasteiger partial charge in [0.15, 0.2) is 0 Å². The Balaban J connectivity index is 2.18. The molecule has 0 aliphatic carbocycles. The summed E-state index contributed by atoms with van der Waals surface area (Å²) in [5.74, 6) is 0. The van der Waals surface area contributed by atoms with Gasteiger partial charge in [0.25, 0.3) is 0 Å². The number of amides is 1. The minimum atomic E-state index is -0.776. The Morgan fingerprint density at radius 3 is 2.56 bits per heavy atom. The van der Waals surface area contributed by atoms with Crippen LogP contribution in [-0.4, -0.2) is 17.9 Å². The fourth-order valence-corrected chi connectivity index (χ4v) is 0.959. The van der Waals surface area contributed by atoms with Gasteiger partial charge >= 0.3 is 6.09 Å². The molecule has 1 rings (SSSR count). The van der Waals surface area contributed by atoms with E-state index in [0.717, 1.165) is 5.56 Å². The molecule has 1 N–H and O–H groups in total. The van der Waals surface area contributed by atoms with Gasteiger partial charge in [-0.1, -0.05) is 30.3 Å². The lowest BCUT2D eigenvalue weighted by molar-refractivity contribution is -0.117. The minimum Gasteiger partial charge on any atom is -0.443 e. The lowest BCUT2D eigenvalue weighted by Crippen LogP contribution is -2.26. The van der Waals surface area contributed by atoms with Crippen molar-refractivity contribution in [1.29, 1.82) is 0 Å². The first-order chi connectivity index (χ1) is 7.68. The molecule has 0 saturated carbocycles. The van der Waals surface area contributed by atoms with Crippen molar-refractivity contribution >= 4 is 22.9 Å². The lowest BCUT2D eigenvalue weighted by atomic mass is 10.2. The SMILES string of the molecule is O=C(Cl)CONC(=O)OCc1ccccc1. The zero-order chi connectivity index (χ0) is 11.8. The van der Waals surface area contributed by atoms with Crippen molar-refractivity contribution in [3.05, 3.63) is 35.9 Å². The molecular formula is C10H10ClNO4. The zero-order valence-electron chi connectivity index (χ0n) is 8.31. The molecule has 0 fully saturated rings. The predicted molar refractivity (Wildman–Crippen MR) is 56.6 cm³/mol. The van der Waals surface area contributed by atoms with Crippen molar-refractivity contribution in [2.75, 3.05) is 6.61 Å². The maximum atomic E-state index is 11.0. The molecule has 0 bridgehead atoms. The average molecular weight is 244 g/mol. The number of rotatable bonds is 5. The summed E-state index contributed by atoms with van der Waals surface area (Å²) in [6, 6.07) is 9.16. The summed E-state index contributed by atoms with van der Waals surface area (Å²) in [6.45, 7) is -0.271. The summed E-state index contributed by atoms with van der Waals surface area (Å²) in [5.41, 5.74) is 2.77. The van der Waals surface area contributed by atoms with Gasteiger partial charge in [-0.3, -0.25) is 9.63 Å². The Hall–Kier alpha value is -1.59. The highest BCUT2D eigenvalue weighted by atomic mass is 35.5. The van der Waals surface area contributed by atoms with Crippen molar-refractivity contribution in [2.45, 2.75) is 6.61 Å². The summed E-state index contributed by atoms with van der Waals surface area (Å²) >= 11 is 4.98. The number of halogens is 1. The van der Waals surface area contributed by atoms with E-state index in [2.05, 4.69) is 4.84 Å². The molecule has 0 aliphatic rings. The van der Waals surface area contributed by atoms with Gasteiger partial charge in [0.2, 0.25) is 5.24 Å². The first-order valence-electron chi connectivity index (χ1n) is 4.45. The zero-order valence-corrected chi connectivity index (χ0v) is 9.07. The van der Waals surface area contributed by atoms with Gasteiger partial charge in [-0.15, -0.1) is 0 Å². The largest absolute Gasteiger partial charge is 0.443 e. The molecule has 1 amide bonds. The molecule has 0 unspecified atom stereocenters. The van der Waals surface area contributed by atoms with Crippen LogP contribution in [0.3, 0.4) is 0 Å². The number of ether oxygens (including phenoxy) is 1. The summed E-state index contributed by atoms with van der Waals surface area (Å²) in [4.78, 5) is 25.7. The minimum absolute atomic E-state index is 0.130. The first kappa shape index (κ1) is 12.5. The van der Waals surface area contributed by atoms with Crippen LogP contribution in [-0.2, 0) is 21.0 Å². The molecule has 6 heteroatoms. The third-order valence-electron chi connectivity index (χ3n) is 1.55. The second kappa shape index (κ2) is 6.81. The normalized spacial score (nSPS) is 9.56. The average Bonchev–Trinajstić information content (AvgIpc) is 2.27. The highest BCUT2D eigenvalue weighted by Crippen LogP contribution is 2.00. The van der Waals surface area contributed by atoms with Crippen LogP contribution in [0.1, 0.15) is 5.56 Å². The van der Waals surface area contributed by atoms with Crippen LogP contribution in [0.2, 0.25) is 0 Å². The van der Waals surface area contributed by atoms with Crippen molar-refractivity contribution in [1.82, 2.24) is 5.48 Å². The van der Waals surface area contributed by atoms with Crippen LogP contribution in [0.25, 0.3) is 0 Å². The molecule has 0 aliphatic heterocycles. The van der Waals surface area contributed by atoms with E-state index in [1.807, 2.05) is 35.8 Å². The first-order valence-corrected chi connectivity index (χ1v) is 4.83. The molecular weight excluding hydrogens is 234 g/mol. The topological polar surface area (TPSA) is 64.6 Å². The van der Waals surface area contributed by atoms with Crippen LogP contribution in [0, 0.1) is 0 Å². The number of carbonyl (C=O) groups excluding carboxylic acids is 2. The Morgan fingerprint density at radius 2 is 1.94 bits per heavy atom. The van der Waals surface area contributed by atoms with Gasteiger partial charge in [-0.25, -0.2) is 4.79 Å². The number of benzene rings is 1. The highest BCUT2D eigenvalue weighted by Gasteiger charge is 2.03. The molecule has 0 aromatic heterocycles. The highest BCUT2D eigenvalue weighted by molar-refractivity contribution is 6.63. The number of hydrogen-bond donors (Lipinski definition) is 1. The van der Waals surface area contributed by atoms with E-state index in [1.165, 1.54) is 0 Å². The molecule has 16 heavy (non-hydrogen) atoms. The van der Waals surface area contributed by atoms with Crippen molar-refractivity contribution in [2.24, 2.45) is 0 Å². The third kappa shape index (κ3) is 5.33. The second-order valence-corrected chi connectivity index (χ2v) is 3.23. The van der Waals surface area contributed by atoms with Gasteiger partial charge in [0, 0.05) is 0 Å². The summed E-state index contributed by atoms with van der Waals surface area (Å²) in [5, 5.41) is -0.705. The van der Waals surface area contributed by atoms with Crippen molar-refractivity contribution < 1.29 is 19.2 Å². The van der Waals surface area contributed by atoms with Crippen LogP contribution in [0.4, 0.5) is 4.79 Å². The molecule has 1 aromatic rings. The van der Waals surface area contributed by atoms with E-state index in [1.54, 1.807) is 0 Å². The van der Waals surface area contributed by atoms with E-state index in [-0.39, 0.29) is 6.61 Å². The molecule has 1 aromatic carbocycles. The fourth-order valence-electron chi connectivity index (χ4n) is 0.904. The Kier molecular flexibility index (Phi) is 5.31. The van der Waals surface area contributed by atoms with Crippen molar-refractivity contribution in [3.63, 3.8) is 0 Å². The van der Waals surface area contributed by atoms with Gasteiger partial charge in [-0.2, -0.15) is 5.48 Å². The van der Waals surface area contributed by atoms with E-state index in [4.69, 9.17) is 16.3 Å². The molecule has 5 nitrogen and oxygen atoms in total. The Morgan fingerprint density at radius 1 is 1.25 bits per heavy atom. The van der Waals surface area contributed by atoms with Gasteiger partial charge in [0.1, 0.15) is 13.2 Å². The van der Waals surface area contributed by atoms with E-state index >= 15 is 0 Å². The molecule has 0 spiro atoms. The standard InChI is InChI=1S/C10H10ClNO4/c11-9(13)7-16-12-10(14)15-6-8-4-2-1-3-5-8/h1-5H,6-7H2,(H,12,14). The van der Waals surface area contributed by atoms with Crippen LogP contribution >= 0.6 is 11.6 Å². The van der Waals surface area contributed by atoms with Gasteiger partial charge in [0.05, 0.1) is 0 Å². The van der Waals surface area contributed by atoms with E-state index in [9.17, 15) is 9.59 Å². The summed E-state index contributed by atoms with van der Waals surface area (Å²) in [6.07, 6.45) is -0.776. The monoisotopic (exact) mass is 243 g/mol. The van der Waals surface area contributed by atoms with Gasteiger partial charge < -0.3 is 4.74 Å². The number of hydrogen-bond acceptors (Lipinski definition) is 4. The van der Waals surface area contributed by atoms with E-state index < -0.39 is 17.9 Å². The summed E-state index contributed by atoms with van der Waals surface area (Å²) in [7, 11) is 0. The predicted octanol–water partition coefficient (Wildman–Crippen LogP) is 1.61. The number of carbonyl (C=O) groups is 2. The quantitative estimate of drug-likeness (QED) is 0.630. The Bertz CT molecular complexity index is 355. The number of hydroxylamine groups is 1. The van der Waals surface area contributed by atoms with E-state index in [0.29, 0.717) is 0 Å². The third-order valence-corrected chi connectivity index (χ3v) is 1.66. The maximum absolute atomic E-state index is 11.0. The molecule has 0 heterocycles.